The summed E-state index contributed by atoms with van der Waals surface area (Å²) in [5.41, 5.74) is 0. The molecule has 19 nitrogen and oxygen atoms in total. The number of hydrogen-bond donors (Lipinski definition) is 12. The molecule has 3 rings (SSSR count). The summed E-state index contributed by atoms with van der Waals surface area (Å²) >= 11 is 0. The maximum absolute atomic E-state index is 12.8. The van der Waals surface area contributed by atoms with E-state index in [1.807, 2.05) is 13.0 Å². The van der Waals surface area contributed by atoms with Gasteiger partial charge in [-0.25, -0.2) is 0 Å². The van der Waals surface area contributed by atoms with E-state index in [1.165, 1.54) is 89.9 Å². The molecule has 398 valence electrons. The van der Waals surface area contributed by atoms with Crippen LogP contribution < -0.4 is 5.32 Å². The molecular formula is C49H89NO18. The van der Waals surface area contributed by atoms with Gasteiger partial charge in [0.25, 0.3) is 0 Å². The molecule has 19 heteroatoms. The normalized spacial score (nSPS) is 33.3. The molecular weight excluding hydrogens is 891 g/mol. The third-order valence-electron chi connectivity index (χ3n) is 13.0. The Morgan fingerprint density at radius 2 is 0.941 bits per heavy atom. The van der Waals surface area contributed by atoms with E-state index < -0.39 is 124 Å². The quantitative estimate of drug-likeness (QED) is 0.0317. The van der Waals surface area contributed by atoms with Crippen molar-refractivity contribution in [1.82, 2.24) is 5.32 Å². The Morgan fingerprint density at radius 1 is 0.515 bits per heavy atom. The Kier molecular flexibility index (Phi) is 30.8. The zero-order valence-electron chi connectivity index (χ0n) is 40.6. The Morgan fingerprint density at radius 3 is 1.46 bits per heavy atom. The summed E-state index contributed by atoms with van der Waals surface area (Å²) < 4.78 is 33.8. The highest BCUT2D eigenvalue weighted by atomic mass is 16.8. The number of allylic oxidation sites excluding steroid dienone is 3. The van der Waals surface area contributed by atoms with Crippen molar-refractivity contribution in [3.8, 4) is 0 Å². The molecule has 1 amide bonds. The van der Waals surface area contributed by atoms with Crippen molar-refractivity contribution >= 4 is 5.91 Å². The number of rotatable bonds is 35. The highest BCUT2D eigenvalue weighted by molar-refractivity contribution is 5.76. The molecule has 0 spiro atoms. The van der Waals surface area contributed by atoms with Gasteiger partial charge >= 0.3 is 0 Å². The largest absolute Gasteiger partial charge is 0.394 e. The molecule has 68 heavy (non-hydrogen) atoms. The van der Waals surface area contributed by atoms with Crippen LogP contribution in [-0.2, 0) is 33.2 Å². The molecule has 3 saturated heterocycles. The number of carbonyl (C=O) groups is 1. The van der Waals surface area contributed by atoms with Crippen molar-refractivity contribution in [2.45, 2.75) is 253 Å². The lowest BCUT2D eigenvalue weighted by atomic mass is 9.96. The molecule has 12 N–H and O–H groups in total. The van der Waals surface area contributed by atoms with Crippen LogP contribution in [-0.4, -0.2) is 193 Å². The third kappa shape index (κ3) is 20.4. The molecule has 0 aliphatic carbocycles. The molecule has 0 aromatic carbocycles. The van der Waals surface area contributed by atoms with Gasteiger partial charge in [-0.1, -0.05) is 134 Å². The first-order chi connectivity index (χ1) is 32.8. The van der Waals surface area contributed by atoms with Crippen molar-refractivity contribution in [3.05, 3.63) is 24.3 Å². The van der Waals surface area contributed by atoms with E-state index in [2.05, 4.69) is 24.4 Å². The highest BCUT2D eigenvalue weighted by Crippen LogP contribution is 2.33. The van der Waals surface area contributed by atoms with Crippen LogP contribution in [0, 0.1) is 0 Å². The second-order valence-electron chi connectivity index (χ2n) is 18.6. The molecule has 3 aliphatic heterocycles. The molecule has 3 aliphatic rings. The molecule has 0 saturated carbocycles. The molecule has 0 radical (unpaired) electrons. The van der Waals surface area contributed by atoms with Crippen molar-refractivity contribution in [1.29, 1.82) is 0 Å². The van der Waals surface area contributed by atoms with Gasteiger partial charge in [0.05, 0.1) is 38.6 Å². The second-order valence-corrected chi connectivity index (χ2v) is 18.6. The van der Waals surface area contributed by atoms with Crippen LogP contribution in [0.5, 0.6) is 0 Å². The van der Waals surface area contributed by atoms with Gasteiger partial charge in [-0.15, -0.1) is 0 Å². The number of carbonyl (C=O) groups excluding carboxylic acids is 1. The van der Waals surface area contributed by atoms with Crippen LogP contribution >= 0.6 is 0 Å². The molecule has 0 aromatic rings. The lowest BCUT2D eigenvalue weighted by Crippen LogP contribution is -2.66. The van der Waals surface area contributed by atoms with E-state index in [1.54, 1.807) is 6.08 Å². The van der Waals surface area contributed by atoms with Gasteiger partial charge in [-0.3, -0.25) is 4.79 Å². The Hall–Kier alpha value is -1.73. The smallest absolute Gasteiger partial charge is 0.220 e. The van der Waals surface area contributed by atoms with E-state index in [0.717, 1.165) is 25.7 Å². The molecule has 17 atom stereocenters. The molecule has 0 aromatic heterocycles. The Bertz CT molecular complexity index is 1360. The minimum atomic E-state index is -1.98. The summed E-state index contributed by atoms with van der Waals surface area (Å²) in [6.07, 6.45) is 4.90. The standard InChI is InChI=1S/C49H89NO18/c1-3-5-7-8-9-10-11-12-13-14-15-16-17-18-19-20-21-22-23-24-25-26-33(54)32(50-37(55)27-6-4-2)31-63-47-43(61)40(58)45(35(29-52)65-47)68-49-44(62)41(59)46(36(30-53)66-49)67-48-42(60)39(57)38(56)34(28-51)64-48/h21-22,25-26,32-36,38-49,51-54,56-62H,3-20,23-24,27-31H2,1-2H3,(H,50,55)/b22-21+,26-25+. The highest BCUT2D eigenvalue weighted by Gasteiger charge is 2.53. The average molecular weight is 980 g/mol. The van der Waals surface area contributed by atoms with Gasteiger partial charge in [0.2, 0.25) is 5.91 Å². The van der Waals surface area contributed by atoms with E-state index in [0.29, 0.717) is 12.8 Å². The zero-order chi connectivity index (χ0) is 49.8. The molecule has 3 fully saturated rings. The van der Waals surface area contributed by atoms with Crippen LogP contribution in [0.25, 0.3) is 0 Å². The third-order valence-corrected chi connectivity index (χ3v) is 13.0. The number of hydrogen-bond acceptors (Lipinski definition) is 18. The fourth-order valence-corrected chi connectivity index (χ4v) is 8.65. The number of aliphatic hydroxyl groups excluding tert-OH is 11. The van der Waals surface area contributed by atoms with Crippen molar-refractivity contribution < 1.29 is 89.4 Å². The maximum Gasteiger partial charge on any atom is 0.220 e. The number of aliphatic hydroxyl groups is 11. The fourth-order valence-electron chi connectivity index (χ4n) is 8.65. The summed E-state index contributed by atoms with van der Waals surface area (Å²) in [6.45, 7) is 1.40. The first-order valence-electron chi connectivity index (χ1n) is 25.6. The maximum atomic E-state index is 12.8. The van der Waals surface area contributed by atoms with E-state index in [9.17, 15) is 61.0 Å². The predicted molar refractivity (Wildman–Crippen MR) is 250 cm³/mol. The van der Waals surface area contributed by atoms with E-state index in [4.69, 9.17) is 28.4 Å². The second kappa shape index (κ2) is 34.6. The Balaban J connectivity index is 1.45. The summed E-state index contributed by atoms with van der Waals surface area (Å²) in [4.78, 5) is 12.8. The average Bonchev–Trinajstić information content (AvgIpc) is 3.33. The minimum absolute atomic E-state index is 0.210. The number of nitrogens with one attached hydrogen (secondary N) is 1. The van der Waals surface area contributed by atoms with Crippen molar-refractivity contribution in [3.63, 3.8) is 0 Å². The van der Waals surface area contributed by atoms with Gasteiger partial charge in [0, 0.05) is 6.42 Å². The summed E-state index contributed by atoms with van der Waals surface area (Å²) in [6, 6.07) is -0.980. The SMILES string of the molecule is CCCCCCCCCCCCCCCCC/C=C/CC/C=C/C(O)C(COC1OC(CO)C(OC2OC(CO)C(OC3OC(CO)C(O)C(O)C3O)C(O)C2O)C(O)C1O)NC(=O)CCCC. The van der Waals surface area contributed by atoms with Gasteiger partial charge in [-0.05, 0) is 32.1 Å². The van der Waals surface area contributed by atoms with Crippen molar-refractivity contribution in [2.75, 3.05) is 26.4 Å². The number of ether oxygens (including phenoxy) is 6. The number of amides is 1. The fraction of sp³-hybridized carbons (Fsp3) is 0.898. The van der Waals surface area contributed by atoms with Gasteiger partial charge in [0.15, 0.2) is 18.9 Å². The van der Waals surface area contributed by atoms with Crippen LogP contribution in [0.3, 0.4) is 0 Å². The van der Waals surface area contributed by atoms with E-state index >= 15 is 0 Å². The lowest BCUT2D eigenvalue weighted by Gasteiger charge is -2.48. The van der Waals surface area contributed by atoms with Crippen LogP contribution in [0.4, 0.5) is 0 Å². The summed E-state index contributed by atoms with van der Waals surface area (Å²) in [5, 5.41) is 119. The molecule has 17 unspecified atom stereocenters. The Labute approximate surface area is 403 Å². The first-order valence-corrected chi connectivity index (χ1v) is 25.6. The molecule has 0 bridgehead atoms. The summed E-state index contributed by atoms with van der Waals surface area (Å²) in [5.74, 6) is -0.322. The van der Waals surface area contributed by atoms with Gasteiger partial charge in [-0.2, -0.15) is 0 Å². The van der Waals surface area contributed by atoms with Gasteiger partial charge < -0.3 is 89.9 Å². The molecule has 3 heterocycles. The van der Waals surface area contributed by atoms with Crippen LogP contribution in [0.1, 0.15) is 149 Å². The predicted octanol–water partition coefficient (Wildman–Crippen LogP) is 1.64. The number of unbranched alkanes of at least 4 members (excludes halogenated alkanes) is 17. The van der Waals surface area contributed by atoms with Crippen LogP contribution in [0.15, 0.2) is 24.3 Å². The summed E-state index contributed by atoms with van der Waals surface area (Å²) in [7, 11) is 0. The van der Waals surface area contributed by atoms with Crippen LogP contribution in [0.2, 0.25) is 0 Å². The lowest BCUT2D eigenvalue weighted by molar-refractivity contribution is -0.379. The zero-order valence-corrected chi connectivity index (χ0v) is 40.6. The van der Waals surface area contributed by atoms with Crippen molar-refractivity contribution in [2.24, 2.45) is 0 Å². The first kappa shape index (κ1) is 60.6. The van der Waals surface area contributed by atoms with E-state index in [-0.39, 0.29) is 18.9 Å². The van der Waals surface area contributed by atoms with Gasteiger partial charge in [0.1, 0.15) is 73.2 Å². The monoisotopic (exact) mass is 980 g/mol. The minimum Gasteiger partial charge on any atom is -0.394 e. The topological polar surface area (TPSA) is 307 Å².